The van der Waals surface area contributed by atoms with Crippen LogP contribution in [0, 0.1) is 19.7 Å². The second-order valence-corrected chi connectivity index (χ2v) is 4.85. The first-order valence-corrected chi connectivity index (χ1v) is 6.53. The van der Waals surface area contributed by atoms with E-state index in [-0.39, 0.29) is 5.82 Å². The number of nitrogens with one attached hydrogen (secondary N) is 1. The van der Waals surface area contributed by atoms with Gasteiger partial charge in [-0.15, -0.1) is 0 Å². The molecule has 3 rings (SSSR count). The lowest BCUT2D eigenvalue weighted by molar-refractivity contribution is 0.629. The van der Waals surface area contributed by atoms with Crippen molar-refractivity contribution in [1.29, 1.82) is 0 Å². The number of hydrogen-bond donors (Lipinski definition) is 1. The van der Waals surface area contributed by atoms with Gasteiger partial charge in [0.15, 0.2) is 0 Å². The number of hydrogen-bond acceptors (Lipinski definition) is 2. The predicted octanol–water partition coefficient (Wildman–Crippen LogP) is 4.73. The van der Waals surface area contributed by atoms with Gasteiger partial charge in [0, 0.05) is 16.8 Å². The van der Waals surface area contributed by atoms with Crippen molar-refractivity contribution in [3.05, 3.63) is 65.6 Å². The zero-order chi connectivity index (χ0) is 14.1. The fraction of sp³-hybridized carbons (Fsp3) is 0.118. The van der Waals surface area contributed by atoms with E-state index in [4.69, 9.17) is 0 Å². The topological polar surface area (TPSA) is 24.9 Å². The Balaban J connectivity index is 2.22. The van der Waals surface area contributed by atoms with E-state index in [9.17, 15) is 4.39 Å². The fourth-order valence-electron chi connectivity index (χ4n) is 2.28. The summed E-state index contributed by atoms with van der Waals surface area (Å²) >= 11 is 0. The molecule has 0 bridgehead atoms. The summed E-state index contributed by atoms with van der Waals surface area (Å²) in [5.41, 5.74) is 4.67. The van der Waals surface area contributed by atoms with E-state index in [1.807, 2.05) is 44.2 Å². The van der Waals surface area contributed by atoms with Gasteiger partial charge in [0.2, 0.25) is 0 Å². The lowest BCUT2D eigenvalue weighted by Gasteiger charge is -2.14. The Morgan fingerprint density at radius 3 is 2.50 bits per heavy atom. The van der Waals surface area contributed by atoms with Crippen LogP contribution in [0.2, 0.25) is 0 Å². The summed E-state index contributed by atoms with van der Waals surface area (Å²) in [4.78, 5) is 4.51. The summed E-state index contributed by atoms with van der Waals surface area (Å²) in [5.74, 6) is -0.251. The number of aromatic nitrogens is 1. The molecule has 0 spiro atoms. The molecule has 2 aromatic carbocycles. The highest BCUT2D eigenvalue weighted by molar-refractivity contribution is 5.95. The smallest absolute Gasteiger partial charge is 0.124 e. The van der Waals surface area contributed by atoms with Crippen LogP contribution in [-0.2, 0) is 0 Å². The van der Waals surface area contributed by atoms with Crippen LogP contribution in [0.5, 0.6) is 0 Å². The van der Waals surface area contributed by atoms with Crippen LogP contribution in [0.25, 0.3) is 10.9 Å². The first-order chi connectivity index (χ1) is 9.65. The molecule has 0 atom stereocenters. The first-order valence-electron chi connectivity index (χ1n) is 6.53. The van der Waals surface area contributed by atoms with Gasteiger partial charge in [0.25, 0.3) is 0 Å². The summed E-state index contributed by atoms with van der Waals surface area (Å²) in [5, 5.41) is 4.18. The second-order valence-electron chi connectivity index (χ2n) is 4.85. The maximum absolute atomic E-state index is 13.5. The maximum Gasteiger partial charge on any atom is 0.124 e. The molecule has 0 aliphatic rings. The molecule has 0 radical (unpaired) electrons. The lowest BCUT2D eigenvalue weighted by atomic mass is 10.1. The number of anilines is 2. The second kappa shape index (κ2) is 4.93. The van der Waals surface area contributed by atoms with Gasteiger partial charge >= 0.3 is 0 Å². The number of fused-ring (bicyclic) bond motifs is 1. The Labute approximate surface area is 117 Å². The highest BCUT2D eigenvalue weighted by Gasteiger charge is 2.10. The Hall–Kier alpha value is -2.42. The molecular weight excluding hydrogens is 251 g/mol. The molecular formula is C17H15FN2. The van der Waals surface area contributed by atoms with E-state index in [0.29, 0.717) is 0 Å². The molecule has 0 saturated heterocycles. The van der Waals surface area contributed by atoms with Gasteiger partial charge in [-0.05, 0) is 49.7 Å². The molecule has 0 saturated carbocycles. The van der Waals surface area contributed by atoms with Crippen molar-refractivity contribution in [3.63, 3.8) is 0 Å². The normalized spacial score (nSPS) is 10.8. The monoisotopic (exact) mass is 266 g/mol. The molecule has 1 heterocycles. The van der Waals surface area contributed by atoms with Crippen LogP contribution in [0.3, 0.4) is 0 Å². The summed E-state index contributed by atoms with van der Waals surface area (Å²) in [6.07, 6.45) is 0. The number of nitrogens with zero attached hydrogens (tertiary/aromatic N) is 1. The minimum Gasteiger partial charge on any atom is -0.355 e. The van der Waals surface area contributed by atoms with Gasteiger partial charge < -0.3 is 5.32 Å². The summed E-state index contributed by atoms with van der Waals surface area (Å²) in [7, 11) is 0. The molecule has 20 heavy (non-hydrogen) atoms. The number of halogens is 1. The van der Waals surface area contributed by atoms with E-state index in [0.717, 1.165) is 33.5 Å². The van der Waals surface area contributed by atoms with Crippen molar-refractivity contribution in [2.45, 2.75) is 13.8 Å². The summed E-state index contributed by atoms with van der Waals surface area (Å²) < 4.78 is 13.5. The Morgan fingerprint density at radius 2 is 1.75 bits per heavy atom. The molecule has 3 aromatic rings. The largest absolute Gasteiger partial charge is 0.355 e. The van der Waals surface area contributed by atoms with Crippen LogP contribution in [0.15, 0.2) is 48.5 Å². The van der Waals surface area contributed by atoms with Crippen molar-refractivity contribution in [2.75, 3.05) is 5.32 Å². The molecule has 1 N–H and O–H groups in total. The van der Waals surface area contributed by atoms with E-state index >= 15 is 0 Å². The quantitative estimate of drug-likeness (QED) is 0.725. The molecule has 2 nitrogen and oxygen atoms in total. The van der Waals surface area contributed by atoms with Gasteiger partial charge in [-0.3, -0.25) is 4.98 Å². The minimum absolute atomic E-state index is 0.251. The molecule has 1 aromatic heterocycles. The van der Waals surface area contributed by atoms with Crippen molar-refractivity contribution in [1.82, 2.24) is 4.98 Å². The SMILES string of the molecule is Cc1nc2ccc(F)cc2c(Nc2ccccc2)c1C. The van der Waals surface area contributed by atoms with Crippen molar-refractivity contribution < 1.29 is 4.39 Å². The van der Waals surface area contributed by atoms with Crippen molar-refractivity contribution in [3.8, 4) is 0 Å². The summed E-state index contributed by atoms with van der Waals surface area (Å²) in [6, 6.07) is 14.6. The predicted molar refractivity (Wildman–Crippen MR) is 80.9 cm³/mol. The fourth-order valence-corrected chi connectivity index (χ4v) is 2.28. The third-order valence-electron chi connectivity index (χ3n) is 3.48. The number of aryl methyl sites for hydroxylation is 1. The Bertz CT molecular complexity index is 767. The highest BCUT2D eigenvalue weighted by Crippen LogP contribution is 2.30. The van der Waals surface area contributed by atoms with Crippen LogP contribution in [0.4, 0.5) is 15.8 Å². The first kappa shape index (κ1) is 12.6. The van der Waals surface area contributed by atoms with E-state index < -0.39 is 0 Å². The molecule has 0 fully saturated rings. The van der Waals surface area contributed by atoms with Gasteiger partial charge in [-0.1, -0.05) is 18.2 Å². The lowest BCUT2D eigenvalue weighted by Crippen LogP contribution is -1.99. The molecule has 0 unspecified atom stereocenters. The number of pyridine rings is 1. The van der Waals surface area contributed by atoms with E-state index in [1.54, 1.807) is 6.07 Å². The zero-order valence-electron chi connectivity index (χ0n) is 11.4. The number of para-hydroxylation sites is 1. The Kier molecular flexibility index (Phi) is 3.11. The van der Waals surface area contributed by atoms with Gasteiger partial charge in [0.05, 0.1) is 11.2 Å². The van der Waals surface area contributed by atoms with E-state index in [1.165, 1.54) is 12.1 Å². The third kappa shape index (κ3) is 2.23. The van der Waals surface area contributed by atoms with Crippen molar-refractivity contribution >= 4 is 22.3 Å². The van der Waals surface area contributed by atoms with Crippen LogP contribution in [0.1, 0.15) is 11.3 Å². The number of benzene rings is 2. The van der Waals surface area contributed by atoms with Crippen LogP contribution in [-0.4, -0.2) is 4.98 Å². The maximum atomic E-state index is 13.5. The van der Waals surface area contributed by atoms with Crippen LogP contribution < -0.4 is 5.32 Å². The van der Waals surface area contributed by atoms with Crippen molar-refractivity contribution in [2.24, 2.45) is 0 Å². The number of rotatable bonds is 2. The molecule has 0 amide bonds. The zero-order valence-corrected chi connectivity index (χ0v) is 11.4. The molecule has 100 valence electrons. The average molecular weight is 266 g/mol. The standard InChI is InChI=1S/C17H15FN2/c1-11-12(2)19-16-9-8-13(18)10-15(16)17(11)20-14-6-4-3-5-7-14/h3-10H,1-2H3,(H,19,20). The summed E-state index contributed by atoms with van der Waals surface area (Å²) in [6.45, 7) is 3.96. The van der Waals surface area contributed by atoms with Gasteiger partial charge in [-0.25, -0.2) is 4.39 Å². The van der Waals surface area contributed by atoms with Gasteiger partial charge in [0.1, 0.15) is 5.82 Å². The third-order valence-corrected chi connectivity index (χ3v) is 3.48. The van der Waals surface area contributed by atoms with E-state index in [2.05, 4.69) is 10.3 Å². The molecule has 0 aliphatic heterocycles. The van der Waals surface area contributed by atoms with Gasteiger partial charge in [-0.2, -0.15) is 0 Å². The molecule has 3 heteroatoms. The highest BCUT2D eigenvalue weighted by atomic mass is 19.1. The molecule has 0 aliphatic carbocycles. The minimum atomic E-state index is -0.251. The average Bonchev–Trinajstić information content (AvgIpc) is 2.46. The van der Waals surface area contributed by atoms with Crippen LogP contribution >= 0.6 is 0 Å². The Morgan fingerprint density at radius 1 is 1.00 bits per heavy atom.